The molecule has 4 rings (SSSR count). The van der Waals surface area contributed by atoms with Crippen molar-refractivity contribution in [1.82, 2.24) is 15.0 Å². The normalized spacial score (nSPS) is 25.3. The molecule has 1 aliphatic carbocycles. The monoisotopic (exact) mass is 330 g/mol. The number of halogens is 1. The summed E-state index contributed by atoms with van der Waals surface area (Å²) in [6.45, 7) is 4.90. The third kappa shape index (κ3) is 2.98. The van der Waals surface area contributed by atoms with Crippen molar-refractivity contribution in [3.8, 4) is 5.88 Å². The van der Waals surface area contributed by atoms with Crippen LogP contribution in [-0.2, 0) is 6.42 Å². The van der Waals surface area contributed by atoms with E-state index in [9.17, 15) is 0 Å². The van der Waals surface area contributed by atoms with Crippen LogP contribution in [0.4, 0.5) is 5.95 Å². The molecule has 0 aromatic carbocycles. The summed E-state index contributed by atoms with van der Waals surface area (Å²) in [4.78, 5) is 15.4. The average Bonchev–Trinajstić information content (AvgIpc) is 3.04. The van der Waals surface area contributed by atoms with Crippen LogP contribution in [0.1, 0.15) is 12.5 Å². The highest BCUT2D eigenvalue weighted by molar-refractivity contribution is 6.30. The Morgan fingerprint density at radius 2 is 1.87 bits per heavy atom. The zero-order valence-electron chi connectivity index (χ0n) is 13.0. The van der Waals surface area contributed by atoms with E-state index in [1.54, 1.807) is 12.3 Å². The van der Waals surface area contributed by atoms with Crippen LogP contribution in [0.2, 0.25) is 5.02 Å². The van der Waals surface area contributed by atoms with Gasteiger partial charge in [-0.1, -0.05) is 18.5 Å². The molecule has 1 aliphatic heterocycles. The van der Waals surface area contributed by atoms with Gasteiger partial charge in [0.05, 0.1) is 11.6 Å². The van der Waals surface area contributed by atoms with Crippen LogP contribution < -0.4 is 9.64 Å². The lowest BCUT2D eigenvalue weighted by Gasteiger charge is -2.19. The van der Waals surface area contributed by atoms with Crippen molar-refractivity contribution in [2.45, 2.75) is 13.3 Å². The zero-order valence-corrected chi connectivity index (χ0v) is 13.8. The Balaban J connectivity index is 1.28. The van der Waals surface area contributed by atoms with Crippen molar-refractivity contribution in [2.24, 2.45) is 17.8 Å². The number of pyridine rings is 1. The number of fused-ring (bicyclic) bond motifs is 1. The highest BCUT2D eigenvalue weighted by atomic mass is 35.5. The number of piperidine rings is 1. The predicted molar refractivity (Wildman–Crippen MR) is 88.8 cm³/mol. The summed E-state index contributed by atoms with van der Waals surface area (Å²) in [6.07, 6.45) is 6.45. The summed E-state index contributed by atoms with van der Waals surface area (Å²) >= 11 is 5.82. The molecular formula is C17H19ClN4O. The average molecular weight is 331 g/mol. The lowest BCUT2D eigenvalue weighted by molar-refractivity contribution is 0.273. The second-order valence-electron chi connectivity index (χ2n) is 6.27. The van der Waals surface area contributed by atoms with Gasteiger partial charge in [-0.2, -0.15) is 0 Å². The second-order valence-corrected chi connectivity index (χ2v) is 6.70. The molecule has 2 unspecified atom stereocenters. The maximum absolute atomic E-state index is 5.82. The van der Waals surface area contributed by atoms with Crippen LogP contribution in [-0.4, -0.2) is 34.6 Å². The number of ether oxygens (including phenoxy) is 1. The number of aromatic nitrogens is 3. The number of aryl methyl sites for hydroxylation is 1. The van der Waals surface area contributed by atoms with E-state index in [1.165, 1.54) is 5.56 Å². The Hall–Kier alpha value is -1.88. The van der Waals surface area contributed by atoms with E-state index in [1.807, 2.05) is 18.5 Å². The molecule has 5 nitrogen and oxygen atoms in total. The molecule has 2 aliphatic rings. The van der Waals surface area contributed by atoms with Crippen molar-refractivity contribution >= 4 is 17.5 Å². The van der Waals surface area contributed by atoms with Gasteiger partial charge in [-0.25, -0.2) is 15.0 Å². The van der Waals surface area contributed by atoms with Crippen LogP contribution in [0.25, 0.3) is 0 Å². The quantitative estimate of drug-likeness (QED) is 0.843. The summed E-state index contributed by atoms with van der Waals surface area (Å²) in [5.74, 6) is 3.51. The highest BCUT2D eigenvalue weighted by Gasteiger charge is 2.56. The largest absolute Gasteiger partial charge is 0.477 e. The number of hydrogen-bond acceptors (Lipinski definition) is 5. The van der Waals surface area contributed by atoms with Gasteiger partial charge < -0.3 is 9.64 Å². The van der Waals surface area contributed by atoms with Gasteiger partial charge in [0.1, 0.15) is 0 Å². The molecule has 2 fully saturated rings. The highest BCUT2D eigenvalue weighted by Crippen LogP contribution is 2.52. The Morgan fingerprint density at radius 1 is 1.13 bits per heavy atom. The molecule has 0 radical (unpaired) electrons. The summed E-state index contributed by atoms with van der Waals surface area (Å²) in [6, 6.07) is 3.62. The fourth-order valence-electron chi connectivity index (χ4n) is 3.38. The molecule has 1 saturated heterocycles. The predicted octanol–water partition coefficient (Wildman–Crippen LogP) is 2.85. The lowest BCUT2D eigenvalue weighted by Crippen LogP contribution is -2.27. The van der Waals surface area contributed by atoms with Gasteiger partial charge >= 0.3 is 0 Å². The van der Waals surface area contributed by atoms with Gasteiger partial charge in [0.2, 0.25) is 11.8 Å². The molecule has 2 aromatic rings. The fraction of sp³-hybridized carbons (Fsp3) is 0.471. The minimum atomic E-state index is 0.624. The van der Waals surface area contributed by atoms with E-state index in [-0.39, 0.29) is 0 Å². The minimum Gasteiger partial charge on any atom is -0.477 e. The summed E-state index contributed by atoms with van der Waals surface area (Å²) in [5.41, 5.74) is 1.18. The molecule has 0 amide bonds. The van der Waals surface area contributed by atoms with Crippen LogP contribution in [0.3, 0.4) is 0 Å². The van der Waals surface area contributed by atoms with Gasteiger partial charge in [0.15, 0.2) is 0 Å². The molecule has 0 spiro atoms. The van der Waals surface area contributed by atoms with Gasteiger partial charge in [0, 0.05) is 43.7 Å². The summed E-state index contributed by atoms with van der Waals surface area (Å²) in [5, 5.41) is 0.630. The zero-order chi connectivity index (χ0) is 15.8. The first-order valence-corrected chi connectivity index (χ1v) is 8.42. The number of anilines is 1. The van der Waals surface area contributed by atoms with Gasteiger partial charge in [0.25, 0.3) is 0 Å². The number of nitrogens with zero attached hydrogens (tertiary/aromatic N) is 4. The van der Waals surface area contributed by atoms with Crippen molar-refractivity contribution < 1.29 is 4.74 Å². The van der Waals surface area contributed by atoms with Crippen molar-refractivity contribution in [2.75, 3.05) is 24.6 Å². The first-order valence-electron chi connectivity index (χ1n) is 8.05. The summed E-state index contributed by atoms with van der Waals surface area (Å²) < 4.78 is 5.77. The Kier molecular flexibility index (Phi) is 3.81. The standard InChI is InChI=1S/C17H19ClN4O/c1-2-11-5-20-17(21-6-11)22-8-13-14(9-22)15(13)10-23-16-4-3-12(18)7-19-16/h3-7,13-15H,2,8-10H2,1H3. The number of rotatable bonds is 5. The minimum absolute atomic E-state index is 0.624. The van der Waals surface area contributed by atoms with E-state index < -0.39 is 0 Å². The first-order chi connectivity index (χ1) is 11.2. The molecule has 2 atom stereocenters. The first kappa shape index (κ1) is 14.7. The van der Waals surface area contributed by atoms with Crippen LogP contribution in [0, 0.1) is 17.8 Å². The Labute approximate surface area is 140 Å². The van der Waals surface area contributed by atoms with Gasteiger partial charge in [-0.3, -0.25) is 0 Å². The maximum atomic E-state index is 5.82. The third-order valence-electron chi connectivity index (χ3n) is 4.88. The van der Waals surface area contributed by atoms with Crippen LogP contribution >= 0.6 is 11.6 Å². The van der Waals surface area contributed by atoms with Crippen LogP contribution in [0.15, 0.2) is 30.7 Å². The van der Waals surface area contributed by atoms with E-state index in [0.717, 1.165) is 32.1 Å². The van der Waals surface area contributed by atoms with Crippen LogP contribution in [0.5, 0.6) is 5.88 Å². The summed E-state index contributed by atoms with van der Waals surface area (Å²) in [7, 11) is 0. The lowest BCUT2D eigenvalue weighted by atomic mass is 10.2. The van der Waals surface area contributed by atoms with Gasteiger partial charge in [-0.15, -0.1) is 0 Å². The molecule has 2 aromatic heterocycles. The van der Waals surface area contributed by atoms with E-state index in [4.69, 9.17) is 16.3 Å². The third-order valence-corrected chi connectivity index (χ3v) is 5.10. The molecule has 0 N–H and O–H groups in total. The molecule has 120 valence electrons. The topological polar surface area (TPSA) is 51.1 Å². The Bertz CT molecular complexity index is 664. The molecule has 6 heteroatoms. The van der Waals surface area contributed by atoms with Crippen molar-refractivity contribution in [1.29, 1.82) is 0 Å². The maximum Gasteiger partial charge on any atom is 0.225 e. The number of hydrogen-bond donors (Lipinski definition) is 0. The van der Waals surface area contributed by atoms with E-state index in [2.05, 4.69) is 26.8 Å². The fourth-order valence-corrected chi connectivity index (χ4v) is 3.49. The SMILES string of the molecule is CCc1cnc(N2CC3C(COc4ccc(Cl)cn4)C3C2)nc1. The van der Waals surface area contributed by atoms with Crippen molar-refractivity contribution in [3.63, 3.8) is 0 Å². The molecule has 3 heterocycles. The van der Waals surface area contributed by atoms with Crippen molar-refractivity contribution in [3.05, 3.63) is 41.3 Å². The molecule has 1 saturated carbocycles. The molecular weight excluding hydrogens is 312 g/mol. The molecule has 23 heavy (non-hydrogen) atoms. The second kappa shape index (κ2) is 5.96. The molecule has 0 bridgehead atoms. The smallest absolute Gasteiger partial charge is 0.225 e. The Morgan fingerprint density at radius 3 is 2.48 bits per heavy atom. The van der Waals surface area contributed by atoms with Gasteiger partial charge in [-0.05, 0) is 29.9 Å². The van der Waals surface area contributed by atoms with E-state index in [0.29, 0.717) is 28.7 Å². The van der Waals surface area contributed by atoms with E-state index >= 15 is 0 Å².